The van der Waals surface area contributed by atoms with Crippen molar-refractivity contribution in [3.8, 4) is 45.3 Å². The van der Waals surface area contributed by atoms with Gasteiger partial charge in [0, 0.05) is 16.7 Å². The van der Waals surface area contributed by atoms with E-state index in [2.05, 4.69) is 91.0 Å². The van der Waals surface area contributed by atoms with Crippen molar-refractivity contribution in [3.63, 3.8) is 0 Å². The fourth-order valence-electron chi connectivity index (χ4n) is 5.95. The van der Waals surface area contributed by atoms with Gasteiger partial charge in [-0.05, 0) is 55.6 Å². The summed E-state index contributed by atoms with van der Waals surface area (Å²) in [5.74, 6) is 1.97. The van der Waals surface area contributed by atoms with Crippen molar-refractivity contribution >= 4 is 32.3 Å². The van der Waals surface area contributed by atoms with Crippen LogP contribution in [-0.2, 0) is 0 Å². The number of benzene rings is 7. The number of hydrogen-bond donors (Lipinski definition) is 0. The Morgan fingerprint density at radius 2 is 0.667 bits per heavy atom. The van der Waals surface area contributed by atoms with Gasteiger partial charge in [-0.25, -0.2) is 15.0 Å². The van der Waals surface area contributed by atoms with Crippen LogP contribution in [0.25, 0.3) is 77.6 Å². The van der Waals surface area contributed by atoms with Crippen molar-refractivity contribution in [3.05, 3.63) is 152 Å². The maximum Gasteiger partial charge on any atom is 0.164 e. The van der Waals surface area contributed by atoms with Gasteiger partial charge in [-0.2, -0.15) is 0 Å². The fourth-order valence-corrected chi connectivity index (χ4v) is 5.95. The molecule has 0 unspecified atom stereocenters. The molecule has 0 aliphatic rings. The van der Waals surface area contributed by atoms with Crippen LogP contribution in [0.1, 0.15) is 0 Å². The Morgan fingerprint density at radius 1 is 0.286 bits per heavy atom. The molecule has 42 heavy (non-hydrogen) atoms. The first kappa shape index (κ1) is 24.2. The molecule has 0 N–H and O–H groups in total. The van der Waals surface area contributed by atoms with E-state index in [1.54, 1.807) is 0 Å². The summed E-state index contributed by atoms with van der Waals surface area (Å²) in [5, 5.41) is 7.36. The molecule has 1 aromatic heterocycles. The molecule has 0 fully saturated rings. The van der Waals surface area contributed by atoms with Gasteiger partial charge in [0.15, 0.2) is 17.5 Å². The zero-order valence-electron chi connectivity index (χ0n) is 22.8. The van der Waals surface area contributed by atoms with E-state index >= 15 is 0 Å². The summed E-state index contributed by atoms with van der Waals surface area (Å²) in [6.07, 6.45) is 0. The van der Waals surface area contributed by atoms with E-state index in [4.69, 9.17) is 15.0 Å². The first-order valence-corrected chi connectivity index (χ1v) is 14.1. The standard InChI is InChI=1S/C39H25N3/c1-4-14-26(15-5-1)34-24-29(25-35-32-22-11-10-20-30(32)31-21-12-13-23-33(31)36(34)35)39-41-37(27-16-6-2-7-17-27)40-38(42-39)28-18-8-3-9-19-28/h1-25H. The molecule has 0 bridgehead atoms. The highest BCUT2D eigenvalue weighted by molar-refractivity contribution is 6.29. The molecule has 0 aliphatic heterocycles. The molecule has 8 aromatic rings. The average Bonchev–Trinajstić information content (AvgIpc) is 3.09. The molecule has 0 aliphatic carbocycles. The summed E-state index contributed by atoms with van der Waals surface area (Å²) < 4.78 is 0. The molecule has 1 heterocycles. The minimum absolute atomic E-state index is 0.652. The van der Waals surface area contributed by atoms with Gasteiger partial charge < -0.3 is 0 Å². The van der Waals surface area contributed by atoms with Crippen LogP contribution in [0.3, 0.4) is 0 Å². The molecule has 196 valence electrons. The third kappa shape index (κ3) is 4.11. The summed E-state index contributed by atoms with van der Waals surface area (Å²) >= 11 is 0. The van der Waals surface area contributed by atoms with E-state index in [9.17, 15) is 0 Å². The highest BCUT2D eigenvalue weighted by Crippen LogP contribution is 2.42. The monoisotopic (exact) mass is 535 g/mol. The first-order chi connectivity index (χ1) is 20.8. The van der Waals surface area contributed by atoms with Gasteiger partial charge >= 0.3 is 0 Å². The lowest BCUT2D eigenvalue weighted by Gasteiger charge is -2.16. The van der Waals surface area contributed by atoms with Gasteiger partial charge in [0.2, 0.25) is 0 Å². The van der Waals surface area contributed by atoms with E-state index in [1.807, 2.05) is 60.7 Å². The van der Waals surface area contributed by atoms with Crippen molar-refractivity contribution in [2.45, 2.75) is 0 Å². The average molecular weight is 536 g/mol. The Labute approximate surface area is 243 Å². The number of rotatable bonds is 4. The van der Waals surface area contributed by atoms with Gasteiger partial charge in [0.05, 0.1) is 0 Å². The van der Waals surface area contributed by atoms with Gasteiger partial charge in [-0.15, -0.1) is 0 Å². The third-order valence-electron chi connectivity index (χ3n) is 7.88. The summed E-state index contributed by atoms with van der Waals surface area (Å²) in [6, 6.07) is 52.8. The van der Waals surface area contributed by atoms with Crippen molar-refractivity contribution in [2.24, 2.45) is 0 Å². The van der Waals surface area contributed by atoms with E-state index in [0.717, 1.165) is 27.8 Å². The molecular weight excluding hydrogens is 510 g/mol. The molecule has 0 atom stereocenters. The molecule has 0 spiro atoms. The topological polar surface area (TPSA) is 38.7 Å². The van der Waals surface area contributed by atoms with Crippen LogP contribution >= 0.6 is 0 Å². The van der Waals surface area contributed by atoms with Crippen LogP contribution in [0.2, 0.25) is 0 Å². The Kier molecular flexibility index (Phi) is 5.79. The maximum atomic E-state index is 5.06. The van der Waals surface area contributed by atoms with Crippen molar-refractivity contribution < 1.29 is 0 Å². The molecule has 0 saturated heterocycles. The van der Waals surface area contributed by atoms with Crippen LogP contribution in [0.5, 0.6) is 0 Å². The van der Waals surface area contributed by atoms with E-state index in [1.165, 1.54) is 32.3 Å². The second kappa shape index (κ2) is 10.1. The van der Waals surface area contributed by atoms with E-state index < -0.39 is 0 Å². The molecule has 0 amide bonds. The largest absolute Gasteiger partial charge is 0.208 e. The van der Waals surface area contributed by atoms with Crippen LogP contribution in [0, 0.1) is 0 Å². The molecular formula is C39H25N3. The van der Waals surface area contributed by atoms with Crippen molar-refractivity contribution in [2.75, 3.05) is 0 Å². The first-order valence-electron chi connectivity index (χ1n) is 14.1. The number of fused-ring (bicyclic) bond motifs is 6. The number of aromatic nitrogens is 3. The highest BCUT2D eigenvalue weighted by atomic mass is 15.0. The number of nitrogens with zero attached hydrogens (tertiary/aromatic N) is 3. The van der Waals surface area contributed by atoms with Gasteiger partial charge in [-0.1, -0.05) is 140 Å². The quantitative estimate of drug-likeness (QED) is 0.211. The smallest absolute Gasteiger partial charge is 0.164 e. The van der Waals surface area contributed by atoms with Crippen molar-refractivity contribution in [1.82, 2.24) is 15.0 Å². The maximum absolute atomic E-state index is 5.06. The zero-order valence-corrected chi connectivity index (χ0v) is 22.8. The molecule has 3 nitrogen and oxygen atoms in total. The van der Waals surface area contributed by atoms with Gasteiger partial charge in [-0.3, -0.25) is 0 Å². The Bertz CT molecular complexity index is 2170. The normalized spacial score (nSPS) is 11.3. The summed E-state index contributed by atoms with van der Waals surface area (Å²) in [5.41, 5.74) is 5.19. The predicted octanol–water partition coefficient (Wildman–Crippen LogP) is 10.00. The predicted molar refractivity (Wildman–Crippen MR) is 174 cm³/mol. The second-order valence-corrected chi connectivity index (χ2v) is 10.4. The van der Waals surface area contributed by atoms with Crippen LogP contribution in [-0.4, -0.2) is 15.0 Å². The summed E-state index contributed by atoms with van der Waals surface area (Å²) in [6.45, 7) is 0. The lowest BCUT2D eigenvalue weighted by atomic mass is 9.88. The molecule has 8 rings (SSSR count). The summed E-state index contributed by atoms with van der Waals surface area (Å²) in [7, 11) is 0. The van der Waals surface area contributed by atoms with Gasteiger partial charge in [0.25, 0.3) is 0 Å². The lowest BCUT2D eigenvalue weighted by molar-refractivity contribution is 1.07. The van der Waals surface area contributed by atoms with E-state index in [0.29, 0.717) is 17.5 Å². The van der Waals surface area contributed by atoms with Crippen LogP contribution in [0.15, 0.2) is 152 Å². The number of hydrogen-bond acceptors (Lipinski definition) is 3. The lowest BCUT2D eigenvalue weighted by Crippen LogP contribution is -2.00. The molecule has 0 radical (unpaired) electrons. The molecule has 7 aromatic carbocycles. The Hall–Kier alpha value is -5.67. The van der Waals surface area contributed by atoms with Crippen LogP contribution in [0.4, 0.5) is 0 Å². The Morgan fingerprint density at radius 3 is 1.19 bits per heavy atom. The van der Waals surface area contributed by atoms with E-state index in [-0.39, 0.29) is 0 Å². The highest BCUT2D eigenvalue weighted by Gasteiger charge is 2.18. The fraction of sp³-hybridized carbons (Fsp3) is 0. The summed E-state index contributed by atoms with van der Waals surface area (Å²) in [4.78, 5) is 15.0. The minimum Gasteiger partial charge on any atom is -0.208 e. The Balaban J connectivity index is 1.49. The van der Waals surface area contributed by atoms with Crippen LogP contribution < -0.4 is 0 Å². The molecule has 0 saturated carbocycles. The minimum atomic E-state index is 0.652. The van der Waals surface area contributed by atoms with Crippen molar-refractivity contribution in [1.29, 1.82) is 0 Å². The second-order valence-electron chi connectivity index (χ2n) is 10.4. The third-order valence-corrected chi connectivity index (χ3v) is 7.88. The SMILES string of the molecule is c1ccc(-c2nc(-c3ccccc3)nc(-c3cc(-c4ccccc4)c4c5ccccc5c5ccccc5c4c3)n2)cc1. The van der Waals surface area contributed by atoms with Gasteiger partial charge in [0.1, 0.15) is 0 Å². The molecule has 3 heteroatoms. The zero-order chi connectivity index (χ0) is 27.9.